The van der Waals surface area contributed by atoms with E-state index in [9.17, 15) is 9.59 Å². The Labute approximate surface area is 160 Å². The van der Waals surface area contributed by atoms with Crippen LogP contribution in [-0.2, 0) is 0 Å². The number of Topliss-reactive ketones (excluding diaryl/α,β-unsaturated/α-hetero) is 1. The fourth-order valence-corrected chi connectivity index (χ4v) is 4.84. The number of hydrogen-bond donors (Lipinski definition) is 0. The Morgan fingerprint density at radius 2 is 1.77 bits per heavy atom. The minimum Gasteiger partial charge on any atom is -0.337 e. The zero-order valence-corrected chi connectivity index (χ0v) is 15.8. The van der Waals surface area contributed by atoms with Gasteiger partial charge in [0.15, 0.2) is 5.78 Å². The molecule has 4 rings (SSSR count). The number of thiazole rings is 1. The monoisotopic (exact) mass is 382 g/mol. The summed E-state index contributed by atoms with van der Waals surface area (Å²) in [6.45, 7) is 1.21. The van der Waals surface area contributed by atoms with Gasteiger partial charge in [0, 0.05) is 30.0 Å². The number of thiophene rings is 1. The molecule has 0 atom stereocenters. The summed E-state index contributed by atoms with van der Waals surface area (Å²) in [7, 11) is 0. The highest BCUT2D eigenvalue weighted by molar-refractivity contribution is 7.20. The summed E-state index contributed by atoms with van der Waals surface area (Å²) in [5.41, 5.74) is 1.27. The van der Waals surface area contributed by atoms with E-state index < -0.39 is 0 Å². The summed E-state index contributed by atoms with van der Waals surface area (Å²) in [5.74, 6) is 0.152. The molecule has 1 aromatic carbocycles. The lowest BCUT2D eigenvalue weighted by atomic mass is 9.89. The third kappa shape index (κ3) is 3.48. The Morgan fingerprint density at radius 3 is 2.46 bits per heavy atom. The third-order valence-electron chi connectivity index (χ3n) is 4.67. The van der Waals surface area contributed by atoms with Crippen LogP contribution in [-0.4, -0.2) is 34.7 Å². The van der Waals surface area contributed by atoms with Gasteiger partial charge in [-0.15, -0.1) is 22.7 Å². The largest absolute Gasteiger partial charge is 0.337 e. The average Bonchev–Trinajstić information content (AvgIpc) is 3.39. The quantitative estimate of drug-likeness (QED) is 0.619. The predicted molar refractivity (Wildman–Crippen MR) is 105 cm³/mol. The number of carbonyl (C=O) groups is 2. The van der Waals surface area contributed by atoms with Gasteiger partial charge in [-0.3, -0.25) is 9.59 Å². The van der Waals surface area contributed by atoms with Crippen LogP contribution in [0.15, 0.2) is 53.2 Å². The van der Waals surface area contributed by atoms with Gasteiger partial charge < -0.3 is 4.90 Å². The molecule has 0 unspecified atom stereocenters. The number of amides is 1. The maximum Gasteiger partial charge on any atom is 0.273 e. The van der Waals surface area contributed by atoms with Gasteiger partial charge >= 0.3 is 0 Å². The molecule has 0 radical (unpaired) electrons. The lowest BCUT2D eigenvalue weighted by Crippen LogP contribution is -2.40. The van der Waals surface area contributed by atoms with E-state index in [1.54, 1.807) is 11.3 Å². The van der Waals surface area contributed by atoms with Crippen molar-refractivity contribution < 1.29 is 9.59 Å². The second-order valence-electron chi connectivity index (χ2n) is 6.31. The van der Waals surface area contributed by atoms with Crippen molar-refractivity contribution in [2.24, 2.45) is 5.92 Å². The highest BCUT2D eigenvalue weighted by Crippen LogP contribution is 2.29. The van der Waals surface area contributed by atoms with E-state index in [0.717, 1.165) is 15.4 Å². The first-order chi connectivity index (χ1) is 12.7. The Bertz CT molecular complexity index is 895. The second-order valence-corrected chi connectivity index (χ2v) is 8.12. The van der Waals surface area contributed by atoms with E-state index in [1.807, 2.05) is 58.1 Å². The minimum absolute atomic E-state index is 0.00133. The number of benzene rings is 1. The number of ketones is 1. The van der Waals surface area contributed by atoms with E-state index in [4.69, 9.17) is 0 Å². The van der Waals surface area contributed by atoms with Crippen LogP contribution < -0.4 is 0 Å². The highest BCUT2D eigenvalue weighted by Gasteiger charge is 2.29. The molecule has 4 nitrogen and oxygen atoms in total. The zero-order valence-electron chi connectivity index (χ0n) is 14.1. The molecule has 0 spiro atoms. The fraction of sp³-hybridized carbons (Fsp3) is 0.250. The molecule has 3 aromatic rings. The van der Waals surface area contributed by atoms with Crippen molar-refractivity contribution in [1.29, 1.82) is 0 Å². The lowest BCUT2D eigenvalue weighted by molar-refractivity contribution is 0.0646. The number of rotatable bonds is 4. The Hall–Kier alpha value is -2.31. The van der Waals surface area contributed by atoms with Crippen LogP contribution in [0.4, 0.5) is 0 Å². The molecular weight excluding hydrogens is 364 g/mol. The number of hydrogen-bond acceptors (Lipinski definition) is 5. The summed E-state index contributed by atoms with van der Waals surface area (Å²) in [4.78, 5) is 32.7. The van der Waals surface area contributed by atoms with E-state index >= 15 is 0 Å². The molecular formula is C20H18N2O2S2. The maximum absolute atomic E-state index is 12.7. The Balaban J connectivity index is 1.39. The van der Waals surface area contributed by atoms with Crippen molar-refractivity contribution >= 4 is 34.4 Å². The molecule has 0 bridgehead atoms. The van der Waals surface area contributed by atoms with Crippen LogP contribution in [0.1, 0.15) is 33.7 Å². The third-order valence-corrected chi connectivity index (χ3v) is 6.55. The number of nitrogens with zero attached hydrogens (tertiary/aromatic N) is 2. The normalized spacial score (nSPS) is 15.2. The van der Waals surface area contributed by atoms with Gasteiger partial charge in [0.25, 0.3) is 5.91 Å². The summed E-state index contributed by atoms with van der Waals surface area (Å²) < 4.78 is 0. The van der Waals surface area contributed by atoms with Crippen LogP contribution >= 0.6 is 22.7 Å². The summed E-state index contributed by atoms with van der Waals surface area (Å²) >= 11 is 3.12. The summed E-state index contributed by atoms with van der Waals surface area (Å²) in [6, 6.07) is 13.4. The zero-order chi connectivity index (χ0) is 17.9. The molecule has 26 heavy (non-hydrogen) atoms. The summed E-state index contributed by atoms with van der Waals surface area (Å²) in [6.07, 6.45) is 1.42. The second kappa shape index (κ2) is 7.51. The number of carbonyl (C=O) groups excluding carboxylic acids is 2. The first-order valence-electron chi connectivity index (χ1n) is 8.60. The van der Waals surface area contributed by atoms with Gasteiger partial charge in [0.05, 0.1) is 4.88 Å². The SMILES string of the molecule is O=C(c1ccccc1)C1CCN(C(=O)c2csc(-c3cccs3)n2)CC1. The molecule has 1 aliphatic rings. The van der Waals surface area contributed by atoms with E-state index in [1.165, 1.54) is 11.3 Å². The van der Waals surface area contributed by atoms with Crippen LogP contribution in [0.5, 0.6) is 0 Å². The standard InChI is InChI=1S/C20H18N2O2S2/c23-18(14-5-2-1-3-6-14)15-8-10-22(11-9-15)20(24)16-13-26-19(21-16)17-7-4-12-25-17/h1-7,12-13,15H,8-11H2. The molecule has 1 amide bonds. The molecule has 1 saturated heterocycles. The van der Waals surface area contributed by atoms with E-state index in [-0.39, 0.29) is 17.6 Å². The van der Waals surface area contributed by atoms with Crippen LogP contribution in [0.3, 0.4) is 0 Å². The van der Waals surface area contributed by atoms with Crippen molar-refractivity contribution in [2.45, 2.75) is 12.8 Å². The molecule has 0 saturated carbocycles. The summed E-state index contributed by atoms with van der Waals surface area (Å²) in [5, 5.41) is 4.73. The van der Waals surface area contributed by atoms with E-state index in [0.29, 0.717) is 31.6 Å². The van der Waals surface area contributed by atoms with Gasteiger partial charge in [-0.1, -0.05) is 36.4 Å². The Morgan fingerprint density at radius 1 is 1.00 bits per heavy atom. The molecule has 1 fully saturated rings. The molecule has 3 heterocycles. The van der Waals surface area contributed by atoms with Crippen LogP contribution in [0, 0.1) is 5.92 Å². The van der Waals surface area contributed by atoms with Gasteiger partial charge in [-0.25, -0.2) is 4.98 Å². The molecule has 0 N–H and O–H groups in total. The number of aromatic nitrogens is 1. The first kappa shape index (κ1) is 17.1. The van der Waals surface area contributed by atoms with Crippen molar-refractivity contribution in [3.8, 4) is 9.88 Å². The fourth-order valence-electron chi connectivity index (χ4n) is 3.23. The van der Waals surface area contributed by atoms with Crippen molar-refractivity contribution in [1.82, 2.24) is 9.88 Å². The average molecular weight is 383 g/mol. The minimum atomic E-state index is -0.0327. The molecule has 6 heteroatoms. The lowest BCUT2D eigenvalue weighted by Gasteiger charge is -2.30. The first-order valence-corrected chi connectivity index (χ1v) is 10.4. The van der Waals surface area contributed by atoms with Gasteiger partial charge in [0.2, 0.25) is 0 Å². The van der Waals surface area contributed by atoms with Gasteiger partial charge in [-0.2, -0.15) is 0 Å². The van der Waals surface area contributed by atoms with Crippen molar-refractivity contribution in [3.05, 3.63) is 64.5 Å². The van der Waals surface area contributed by atoms with Gasteiger partial charge in [-0.05, 0) is 24.3 Å². The van der Waals surface area contributed by atoms with E-state index in [2.05, 4.69) is 4.98 Å². The smallest absolute Gasteiger partial charge is 0.273 e. The molecule has 0 aliphatic carbocycles. The van der Waals surface area contributed by atoms with Crippen molar-refractivity contribution in [3.63, 3.8) is 0 Å². The molecule has 132 valence electrons. The molecule has 2 aromatic heterocycles. The maximum atomic E-state index is 12.7. The van der Waals surface area contributed by atoms with Crippen molar-refractivity contribution in [2.75, 3.05) is 13.1 Å². The topological polar surface area (TPSA) is 50.3 Å². The van der Waals surface area contributed by atoms with Crippen LogP contribution in [0.2, 0.25) is 0 Å². The predicted octanol–water partition coefficient (Wildman–Crippen LogP) is 4.61. The van der Waals surface area contributed by atoms with Crippen LogP contribution in [0.25, 0.3) is 9.88 Å². The number of likely N-dealkylation sites (tertiary alicyclic amines) is 1. The molecule has 1 aliphatic heterocycles. The highest BCUT2D eigenvalue weighted by atomic mass is 32.1. The Kier molecular flexibility index (Phi) is 4.95. The number of piperidine rings is 1. The van der Waals surface area contributed by atoms with Gasteiger partial charge in [0.1, 0.15) is 10.7 Å².